The quantitative estimate of drug-likeness (QED) is 0.243. The third kappa shape index (κ3) is 6.19. The number of aliphatic hydroxyl groups is 2. The molecule has 4 aromatic rings. The molecule has 13 heteroatoms. The predicted molar refractivity (Wildman–Crippen MR) is 155 cm³/mol. The van der Waals surface area contributed by atoms with Crippen molar-refractivity contribution in [1.29, 1.82) is 0 Å². The molecule has 1 saturated carbocycles. The lowest BCUT2D eigenvalue weighted by atomic mass is 10.2. The first-order valence-corrected chi connectivity index (χ1v) is 14.4. The van der Waals surface area contributed by atoms with Crippen molar-refractivity contribution in [3.63, 3.8) is 0 Å². The van der Waals surface area contributed by atoms with Gasteiger partial charge in [-0.25, -0.2) is 9.18 Å². The highest BCUT2D eigenvalue weighted by atomic mass is 32.1. The Morgan fingerprint density at radius 1 is 1.07 bits per heavy atom. The van der Waals surface area contributed by atoms with Crippen LogP contribution in [0.1, 0.15) is 23.2 Å². The molecule has 42 heavy (non-hydrogen) atoms. The largest absolute Gasteiger partial charge is 0.453 e. The Bertz CT molecular complexity index is 1600. The van der Waals surface area contributed by atoms with Crippen molar-refractivity contribution in [2.45, 2.75) is 25.1 Å². The van der Waals surface area contributed by atoms with Crippen LogP contribution in [0.25, 0.3) is 20.8 Å². The molecule has 3 aromatic heterocycles. The summed E-state index contributed by atoms with van der Waals surface area (Å²) in [6, 6.07) is 11.1. The van der Waals surface area contributed by atoms with Crippen LogP contribution in [0.2, 0.25) is 0 Å². The average molecular weight is 593 g/mol. The predicted octanol–water partition coefficient (Wildman–Crippen LogP) is 3.64. The molecule has 1 aliphatic carbocycles. The van der Waals surface area contributed by atoms with E-state index in [1.165, 1.54) is 29.7 Å². The van der Waals surface area contributed by atoms with Gasteiger partial charge < -0.3 is 30.5 Å². The Hall–Kier alpha value is -4.17. The molecule has 11 nitrogen and oxygen atoms in total. The number of nitrogens with zero attached hydrogens (tertiary/aromatic N) is 4. The van der Waals surface area contributed by atoms with Gasteiger partial charge in [-0.05, 0) is 43.2 Å². The molecule has 1 saturated heterocycles. The van der Waals surface area contributed by atoms with E-state index in [-0.39, 0.29) is 30.3 Å². The Balaban J connectivity index is 1.13. The molecule has 1 aliphatic heterocycles. The van der Waals surface area contributed by atoms with Gasteiger partial charge >= 0.3 is 6.03 Å². The molecule has 0 spiro atoms. The summed E-state index contributed by atoms with van der Waals surface area (Å²) in [5.74, 6) is -0.320. The minimum absolute atomic E-state index is 0.0123. The molecule has 3 amide bonds. The van der Waals surface area contributed by atoms with Gasteiger partial charge in [0.15, 0.2) is 11.6 Å². The standard InChI is InChI=1S/C29H29FN6O5S/c30-20-13-19(34-29(40)33-18-2-3-18)4-6-23(20)41-24-7-8-31-22-14-25(42-27(22)24)21-5-1-17(15-32-21)28(39)36-11-9-35(10-12-36)26(38)16-37/h1,4-8,13-15,18,26,37-38H,2-3,9-12,16H2,(H2,33,34,40). The van der Waals surface area contributed by atoms with Gasteiger partial charge in [0.25, 0.3) is 5.91 Å². The normalized spacial score (nSPS) is 16.3. The van der Waals surface area contributed by atoms with Crippen molar-refractivity contribution in [1.82, 2.24) is 25.1 Å². The van der Waals surface area contributed by atoms with Crippen LogP contribution in [0.4, 0.5) is 14.9 Å². The number of hydrogen-bond acceptors (Lipinski definition) is 9. The second-order valence-corrected chi connectivity index (χ2v) is 11.2. The van der Waals surface area contributed by atoms with Gasteiger partial charge in [0.2, 0.25) is 0 Å². The lowest BCUT2D eigenvalue weighted by molar-refractivity contribution is -0.0518. The van der Waals surface area contributed by atoms with E-state index in [0.29, 0.717) is 59.1 Å². The molecule has 0 bridgehead atoms. The van der Waals surface area contributed by atoms with Gasteiger partial charge in [-0.15, -0.1) is 11.3 Å². The Kier molecular flexibility index (Phi) is 7.98. The van der Waals surface area contributed by atoms with Gasteiger partial charge in [0, 0.05) is 62.4 Å². The number of ether oxygens (including phenoxy) is 1. The van der Waals surface area contributed by atoms with E-state index in [4.69, 9.17) is 9.84 Å². The Labute approximate surface area is 244 Å². The highest BCUT2D eigenvalue weighted by molar-refractivity contribution is 7.22. The van der Waals surface area contributed by atoms with Crippen molar-refractivity contribution in [2.24, 2.45) is 0 Å². The first-order valence-electron chi connectivity index (χ1n) is 13.6. The molecule has 0 radical (unpaired) electrons. The van der Waals surface area contributed by atoms with E-state index < -0.39 is 12.0 Å². The summed E-state index contributed by atoms with van der Waals surface area (Å²) < 4.78 is 21.5. The van der Waals surface area contributed by atoms with E-state index in [1.807, 2.05) is 6.07 Å². The number of pyridine rings is 2. The number of anilines is 1. The van der Waals surface area contributed by atoms with Crippen LogP contribution >= 0.6 is 11.3 Å². The molecule has 2 fully saturated rings. The van der Waals surface area contributed by atoms with E-state index in [1.54, 1.807) is 40.3 Å². The first-order chi connectivity index (χ1) is 20.4. The van der Waals surface area contributed by atoms with Crippen LogP contribution in [0, 0.1) is 5.82 Å². The number of hydrogen-bond donors (Lipinski definition) is 4. The van der Waals surface area contributed by atoms with Crippen LogP contribution in [-0.2, 0) is 0 Å². The lowest BCUT2D eigenvalue weighted by Gasteiger charge is -2.36. The van der Waals surface area contributed by atoms with Crippen LogP contribution in [0.15, 0.2) is 54.9 Å². The van der Waals surface area contributed by atoms with Gasteiger partial charge in [0.05, 0.1) is 33.0 Å². The van der Waals surface area contributed by atoms with E-state index in [0.717, 1.165) is 17.7 Å². The number of nitrogens with one attached hydrogen (secondary N) is 2. The number of rotatable bonds is 8. The molecule has 2 aliphatic rings. The summed E-state index contributed by atoms with van der Waals surface area (Å²) in [6.45, 7) is 1.49. The van der Waals surface area contributed by atoms with Crippen LogP contribution in [0.3, 0.4) is 0 Å². The SMILES string of the molecule is O=C(Nc1ccc(Oc2ccnc3cc(-c4ccc(C(=O)N5CCN(C(O)CO)CC5)cn4)sc23)c(F)c1)NC1CC1. The third-order valence-corrected chi connectivity index (χ3v) is 8.31. The van der Waals surface area contributed by atoms with Crippen molar-refractivity contribution < 1.29 is 28.9 Å². The Morgan fingerprint density at radius 2 is 1.88 bits per heavy atom. The summed E-state index contributed by atoms with van der Waals surface area (Å²) in [5.41, 5.74) is 2.10. The number of urea groups is 1. The van der Waals surface area contributed by atoms with Crippen LogP contribution in [0.5, 0.6) is 11.5 Å². The zero-order valence-corrected chi connectivity index (χ0v) is 23.3. The minimum Gasteiger partial charge on any atom is -0.453 e. The molecular formula is C29H29FN6O5S. The highest BCUT2D eigenvalue weighted by Gasteiger charge is 2.26. The monoisotopic (exact) mass is 592 g/mol. The maximum absolute atomic E-state index is 14.9. The van der Waals surface area contributed by atoms with Crippen LogP contribution in [-0.4, -0.2) is 87.0 Å². The number of piperazine rings is 1. The Morgan fingerprint density at radius 3 is 2.57 bits per heavy atom. The molecule has 1 atom stereocenters. The minimum atomic E-state index is -0.919. The summed E-state index contributed by atoms with van der Waals surface area (Å²) in [6.07, 6.45) is 4.12. The van der Waals surface area contributed by atoms with Crippen molar-refractivity contribution in [3.8, 4) is 22.1 Å². The fourth-order valence-corrected chi connectivity index (χ4v) is 5.71. The summed E-state index contributed by atoms with van der Waals surface area (Å²) in [5, 5.41) is 24.4. The lowest BCUT2D eigenvalue weighted by Crippen LogP contribution is -2.52. The van der Waals surface area contributed by atoms with Crippen molar-refractivity contribution in [3.05, 3.63) is 66.2 Å². The maximum Gasteiger partial charge on any atom is 0.319 e. The fraction of sp³-hybridized carbons (Fsp3) is 0.310. The zero-order chi connectivity index (χ0) is 29.2. The summed E-state index contributed by atoms with van der Waals surface area (Å²) in [7, 11) is 0. The van der Waals surface area contributed by atoms with E-state index in [9.17, 15) is 19.1 Å². The molecule has 6 rings (SSSR count). The highest BCUT2D eigenvalue weighted by Crippen LogP contribution is 2.39. The summed E-state index contributed by atoms with van der Waals surface area (Å²) >= 11 is 1.39. The second kappa shape index (κ2) is 12.0. The number of aliphatic hydroxyl groups excluding tert-OH is 2. The third-order valence-electron chi connectivity index (χ3n) is 7.15. The number of carbonyl (C=O) groups is 2. The number of carbonyl (C=O) groups excluding carboxylic acids is 2. The van der Waals surface area contributed by atoms with Crippen molar-refractivity contribution in [2.75, 3.05) is 38.1 Å². The number of fused-ring (bicyclic) bond motifs is 1. The molecule has 4 N–H and O–H groups in total. The summed E-state index contributed by atoms with van der Waals surface area (Å²) in [4.78, 5) is 38.1. The number of amides is 3. The molecule has 1 aromatic carbocycles. The zero-order valence-electron chi connectivity index (χ0n) is 22.5. The topological polar surface area (TPSA) is 140 Å². The number of aromatic nitrogens is 2. The first kappa shape index (κ1) is 28.0. The smallest absolute Gasteiger partial charge is 0.319 e. The number of halogens is 1. The second-order valence-electron chi connectivity index (χ2n) is 10.2. The van der Waals surface area contributed by atoms with Gasteiger partial charge in [-0.3, -0.25) is 19.7 Å². The maximum atomic E-state index is 14.9. The number of benzene rings is 1. The van der Waals surface area contributed by atoms with Gasteiger partial charge in [0.1, 0.15) is 12.0 Å². The fourth-order valence-electron chi connectivity index (χ4n) is 4.67. The van der Waals surface area contributed by atoms with Crippen LogP contribution < -0.4 is 15.4 Å². The van der Waals surface area contributed by atoms with E-state index >= 15 is 0 Å². The number of thiophene rings is 1. The molecule has 218 valence electrons. The van der Waals surface area contributed by atoms with Gasteiger partial charge in [-0.2, -0.15) is 0 Å². The molecule has 4 heterocycles. The van der Waals surface area contributed by atoms with E-state index in [2.05, 4.69) is 20.6 Å². The van der Waals surface area contributed by atoms with Crippen molar-refractivity contribution >= 4 is 39.2 Å². The van der Waals surface area contributed by atoms with Gasteiger partial charge in [-0.1, -0.05) is 0 Å². The molecular weight excluding hydrogens is 563 g/mol. The average Bonchev–Trinajstić information content (AvgIpc) is 3.71. The molecule has 1 unspecified atom stereocenters.